The normalized spacial score (nSPS) is 11.9. The van der Waals surface area contributed by atoms with E-state index in [1.165, 1.54) is 6.92 Å². The van der Waals surface area contributed by atoms with Crippen LogP contribution in [0, 0.1) is 0 Å². The summed E-state index contributed by atoms with van der Waals surface area (Å²) in [7, 11) is 0. The Morgan fingerprint density at radius 2 is 2.33 bits per heavy atom. The van der Waals surface area contributed by atoms with Crippen LogP contribution in [-0.2, 0) is 4.79 Å². The molecule has 0 aliphatic rings. The molecule has 0 saturated carbocycles. The molecule has 0 aliphatic carbocycles. The van der Waals surface area contributed by atoms with Gasteiger partial charge in [0.15, 0.2) is 0 Å². The highest BCUT2D eigenvalue weighted by Gasteiger charge is 2.00. The Bertz CT molecular complexity index is 336. The van der Waals surface area contributed by atoms with E-state index in [4.69, 9.17) is 9.84 Å². The Hall–Kier alpha value is -1.55. The topological polar surface area (TPSA) is 58.6 Å². The average Bonchev–Trinajstić information content (AvgIpc) is 2.14. The molecule has 0 radical (unpaired) electrons. The lowest BCUT2D eigenvalue weighted by Gasteiger charge is -2.09. The average molecular weight is 209 g/mol. The van der Waals surface area contributed by atoms with Crippen molar-refractivity contribution in [3.8, 4) is 5.75 Å². The molecule has 1 unspecified atom stereocenters. The van der Waals surface area contributed by atoms with E-state index in [1.807, 2.05) is 0 Å². The van der Waals surface area contributed by atoms with Crippen LogP contribution >= 0.6 is 0 Å². The summed E-state index contributed by atoms with van der Waals surface area (Å²) in [4.78, 5) is 10.8. The molecule has 0 spiro atoms. The molecular weight excluding hydrogens is 194 g/mol. The third kappa shape index (κ3) is 4.46. The molecule has 1 aromatic rings. The van der Waals surface area contributed by atoms with Gasteiger partial charge in [-0.25, -0.2) is 0 Å². The number of ether oxygens (including phenoxy) is 1. The predicted octanol–water partition coefficient (Wildman–Crippen LogP) is 1.40. The van der Waals surface area contributed by atoms with E-state index < -0.39 is 6.10 Å². The minimum absolute atomic E-state index is 0.123. The van der Waals surface area contributed by atoms with Crippen LogP contribution in [-0.4, -0.2) is 23.7 Å². The fourth-order valence-corrected chi connectivity index (χ4v) is 1.08. The van der Waals surface area contributed by atoms with Crippen molar-refractivity contribution in [1.29, 1.82) is 0 Å². The summed E-state index contributed by atoms with van der Waals surface area (Å²) >= 11 is 0. The number of benzene rings is 1. The van der Waals surface area contributed by atoms with Crippen molar-refractivity contribution in [2.45, 2.75) is 20.0 Å². The number of aliphatic hydroxyl groups excluding tert-OH is 1. The Kier molecular flexibility index (Phi) is 4.12. The van der Waals surface area contributed by atoms with Gasteiger partial charge in [-0.15, -0.1) is 0 Å². The molecule has 1 aromatic carbocycles. The maximum Gasteiger partial charge on any atom is 0.221 e. The second kappa shape index (κ2) is 5.36. The van der Waals surface area contributed by atoms with Gasteiger partial charge in [0.25, 0.3) is 0 Å². The van der Waals surface area contributed by atoms with E-state index in [0.29, 0.717) is 11.4 Å². The van der Waals surface area contributed by atoms with Gasteiger partial charge in [-0.2, -0.15) is 0 Å². The van der Waals surface area contributed by atoms with E-state index in [0.717, 1.165) is 0 Å². The minimum atomic E-state index is -0.505. The molecule has 1 atom stereocenters. The van der Waals surface area contributed by atoms with Crippen molar-refractivity contribution in [3.05, 3.63) is 24.3 Å². The monoisotopic (exact) mass is 209 g/mol. The quantitative estimate of drug-likeness (QED) is 0.788. The first kappa shape index (κ1) is 11.5. The van der Waals surface area contributed by atoms with E-state index in [1.54, 1.807) is 31.2 Å². The summed E-state index contributed by atoms with van der Waals surface area (Å²) in [5.74, 6) is 0.504. The number of carbonyl (C=O) groups is 1. The Balaban J connectivity index is 2.61. The molecule has 1 rings (SSSR count). The van der Waals surface area contributed by atoms with Crippen LogP contribution < -0.4 is 10.1 Å². The number of rotatable bonds is 4. The fraction of sp³-hybridized carbons (Fsp3) is 0.364. The molecule has 4 heteroatoms. The SMILES string of the molecule is CC(=O)Nc1cccc(OCC(C)O)c1. The van der Waals surface area contributed by atoms with E-state index in [9.17, 15) is 4.79 Å². The molecule has 1 amide bonds. The maximum atomic E-state index is 10.8. The van der Waals surface area contributed by atoms with Crippen molar-refractivity contribution in [2.24, 2.45) is 0 Å². The molecule has 82 valence electrons. The highest BCUT2D eigenvalue weighted by atomic mass is 16.5. The third-order valence-corrected chi connectivity index (χ3v) is 1.65. The van der Waals surface area contributed by atoms with Crippen molar-refractivity contribution in [3.63, 3.8) is 0 Å². The molecule has 0 fully saturated rings. The smallest absolute Gasteiger partial charge is 0.221 e. The molecule has 0 aliphatic heterocycles. The number of aliphatic hydroxyl groups is 1. The zero-order valence-corrected chi connectivity index (χ0v) is 8.86. The number of hydrogen-bond acceptors (Lipinski definition) is 3. The highest BCUT2D eigenvalue weighted by molar-refractivity contribution is 5.88. The van der Waals surface area contributed by atoms with Gasteiger partial charge in [0, 0.05) is 18.7 Å². The van der Waals surface area contributed by atoms with Crippen LogP contribution in [0.15, 0.2) is 24.3 Å². The molecule has 0 heterocycles. The van der Waals surface area contributed by atoms with Crippen molar-refractivity contribution < 1.29 is 14.6 Å². The molecule has 15 heavy (non-hydrogen) atoms. The van der Waals surface area contributed by atoms with Gasteiger partial charge in [-0.3, -0.25) is 4.79 Å². The Morgan fingerprint density at radius 1 is 1.60 bits per heavy atom. The van der Waals surface area contributed by atoms with Gasteiger partial charge in [-0.05, 0) is 19.1 Å². The lowest BCUT2D eigenvalue weighted by Crippen LogP contribution is -2.13. The van der Waals surface area contributed by atoms with Crippen molar-refractivity contribution in [1.82, 2.24) is 0 Å². The lowest BCUT2D eigenvalue weighted by atomic mass is 10.3. The first-order chi connectivity index (χ1) is 7.08. The lowest BCUT2D eigenvalue weighted by molar-refractivity contribution is -0.114. The van der Waals surface area contributed by atoms with Crippen LogP contribution in [0.1, 0.15) is 13.8 Å². The maximum absolute atomic E-state index is 10.8. The molecular formula is C11H15NO3. The van der Waals surface area contributed by atoms with Crippen molar-refractivity contribution >= 4 is 11.6 Å². The summed E-state index contributed by atoms with van der Waals surface area (Å²) in [5.41, 5.74) is 0.686. The van der Waals surface area contributed by atoms with Gasteiger partial charge >= 0.3 is 0 Å². The summed E-state index contributed by atoms with van der Waals surface area (Å²) in [5, 5.41) is 11.7. The molecule has 4 nitrogen and oxygen atoms in total. The summed E-state index contributed by atoms with van der Waals surface area (Å²) < 4.78 is 5.29. The number of nitrogens with one attached hydrogen (secondary N) is 1. The Labute approximate surface area is 88.9 Å². The van der Waals surface area contributed by atoms with Gasteiger partial charge in [0.1, 0.15) is 12.4 Å². The standard InChI is InChI=1S/C11H15NO3/c1-8(13)7-15-11-5-3-4-10(6-11)12-9(2)14/h3-6,8,13H,7H2,1-2H3,(H,12,14). The number of anilines is 1. The zero-order valence-electron chi connectivity index (χ0n) is 8.86. The molecule has 0 aromatic heterocycles. The molecule has 2 N–H and O–H groups in total. The third-order valence-electron chi connectivity index (χ3n) is 1.65. The predicted molar refractivity (Wildman–Crippen MR) is 57.9 cm³/mol. The van der Waals surface area contributed by atoms with Crippen LogP contribution in [0.3, 0.4) is 0 Å². The number of amides is 1. The fourth-order valence-electron chi connectivity index (χ4n) is 1.08. The van der Waals surface area contributed by atoms with Gasteiger partial charge in [0.05, 0.1) is 6.10 Å². The first-order valence-electron chi connectivity index (χ1n) is 4.76. The van der Waals surface area contributed by atoms with Crippen LogP contribution in [0.2, 0.25) is 0 Å². The van der Waals surface area contributed by atoms with Crippen molar-refractivity contribution in [2.75, 3.05) is 11.9 Å². The second-order valence-electron chi connectivity index (χ2n) is 3.37. The summed E-state index contributed by atoms with van der Waals surface area (Å²) in [6.07, 6.45) is -0.505. The zero-order chi connectivity index (χ0) is 11.3. The number of carbonyl (C=O) groups excluding carboxylic acids is 1. The largest absolute Gasteiger partial charge is 0.491 e. The van der Waals surface area contributed by atoms with E-state index >= 15 is 0 Å². The van der Waals surface area contributed by atoms with Crippen LogP contribution in [0.25, 0.3) is 0 Å². The van der Waals surface area contributed by atoms with Crippen LogP contribution in [0.4, 0.5) is 5.69 Å². The van der Waals surface area contributed by atoms with E-state index in [2.05, 4.69) is 5.32 Å². The van der Waals surface area contributed by atoms with E-state index in [-0.39, 0.29) is 12.5 Å². The number of hydrogen-bond donors (Lipinski definition) is 2. The Morgan fingerprint density at radius 3 is 2.93 bits per heavy atom. The molecule has 0 saturated heterocycles. The molecule has 0 bridgehead atoms. The van der Waals surface area contributed by atoms with Gasteiger partial charge in [0.2, 0.25) is 5.91 Å². The summed E-state index contributed by atoms with van der Waals surface area (Å²) in [6, 6.07) is 7.04. The van der Waals surface area contributed by atoms with Gasteiger partial charge in [-0.1, -0.05) is 6.07 Å². The van der Waals surface area contributed by atoms with Gasteiger partial charge < -0.3 is 15.2 Å². The first-order valence-corrected chi connectivity index (χ1v) is 4.76. The minimum Gasteiger partial charge on any atom is -0.491 e. The van der Waals surface area contributed by atoms with Crippen LogP contribution in [0.5, 0.6) is 5.75 Å². The highest BCUT2D eigenvalue weighted by Crippen LogP contribution is 2.17. The second-order valence-corrected chi connectivity index (χ2v) is 3.37. The summed E-state index contributed by atoms with van der Waals surface area (Å²) in [6.45, 7) is 3.34.